The number of aromatic nitrogens is 1. The van der Waals surface area contributed by atoms with Crippen LogP contribution in [0.25, 0.3) is 17.0 Å². The number of benzene rings is 1. The summed E-state index contributed by atoms with van der Waals surface area (Å²) in [4.78, 5) is 16.0. The highest BCUT2D eigenvalue weighted by Crippen LogP contribution is 2.14. The zero-order valence-electron chi connectivity index (χ0n) is 10.5. The number of fused-ring (bicyclic) bond motifs is 1. The summed E-state index contributed by atoms with van der Waals surface area (Å²) in [5.41, 5.74) is 2.24. The van der Waals surface area contributed by atoms with Crippen LogP contribution < -0.4 is 0 Å². The van der Waals surface area contributed by atoms with E-state index in [1.54, 1.807) is 19.9 Å². The minimum atomic E-state index is -0.299. The molecule has 18 heavy (non-hydrogen) atoms. The minimum Gasteiger partial charge on any atom is -0.463 e. The van der Waals surface area contributed by atoms with E-state index in [0.29, 0.717) is 12.2 Å². The Bertz CT molecular complexity index is 602. The lowest BCUT2D eigenvalue weighted by molar-refractivity contribution is -0.138. The fourth-order valence-corrected chi connectivity index (χ4v) is 1.69. The van der Waals surface area contributed by atoms with Crippen molar-refractivity contribution in [2.24, 2.45) is 0 Å². The SMILES string of the molecule is CCOC(=O)/C(C)=C\c1ccc2ccccc2n1. The second-order valence-electron chi connectivity index (χ2n) is 3.98. The summed E-state index contributed by atoms with van der Waals surface area (Å²) in [6.07, 6.45) is 1.74. The van der Waals surface area contributed by atoms with Crippen LogP contribution in [0.5, 0.6) is 0 Å². The van der Waals surface area contributed by atoms with Crippen molar-refractivity contribution >= 4 is 22.9 Å². The largest absolute Gasteiger partial charge is 0.463 e. The number of esters is 1. The molecule has 0 aliphatic rings. The maximum Gasteiger partial charge on any atom is 0.333 e. The van der Waals surface area contributed by atoms with Crippen LogP contribution >= 0.6 is 0 Å². The summed E-state index contributed by atoms with van der Waals surface area (Å²) < 4.78 is 4.93. The number of ether oxygens (including phenoxy) is 1. The van der Waals surface area contributed by atoms with E-state index in [-0.39, 0.29) is 5.97 Å². The molecule has 2 aromatic rings. The molecule has 0 N–H and O–H groups in total. The van der Waals surface area contributed by atoms with Gasteiger partial charge in [-0.3, -0.25) is 0 Å². The molecular formula is C15H15NO2. The molecule has 0 unspecified atom stereocenters. The third-order valence-electron chi connectivity index (χ3n) is 2.58. The number of para-hydroxylation sites is 1. The molecular weight excluding hydrogens is 226 g/mol. The van der Waals surface area contributed by atoms with Crippen molar-refractivity contribution < 1.29 is 9.53 Å². The molecule has 0 saturated heterocycles. The molecule has 92 valence electrons. The first kappa shape index (κ1) is 12.3. The molecule has 1 aromatic carbocycles. The monoisotopic (exact) mass is 241 g/mol. The Hall–Kier alpha value is -2.16. The van der Waals surface area contributed by atoms with Gasteiger partial charge in [-0.2, -0.15) is 0 Å². The third kappa shape index (κ3) is 2.74. The second kappa shape index (κ2) is 5.45. The molecule has 3 heteroatoms. The quantitative estimate of drug-likeness (QED) is 0.612. The van der Waals surface area contributed by atoms with Gasteiger partial charge in [-0.15, -0.1) is 0 Å². The Balaban J connectivity index is 2.31. The molecule has 0 saturated carbocycles. The van der Waals surface area contributed by atoms with Crippen LogP contribution in [-0.4, -0.2) is 17.6 Å². The fraction of sp³-hybridized carbons (Fsp3) is 0.200. The average Bonchev–Trinajstić information content (AvgIpc) is 2.39. The maximum absolute atomic E-state index is 11.5. The van der Waals surface area contributed by atoms with Crippen molar-refractivity contribution in [2.75, 3.05) is 6.61 Å². The predicted octanol–water partition coefficient (Wildman–Crippen LogP) is 3.20. The number of carbonyl (C=O) groups excluding carboxylic acids is 1. The predicted molar refractivity (Wildman–Crippen MR) is 72.0 cm³/mol. The van der Waals surface area contributed by atoms with E-state index in [2.05, 4.69) is 4.98 Å². The summed E-state index contributed by atoms with van der Waals surface area (Å²) >= 11 is 0. The zero-order chi connectivity index (χ0) is 13.0. The Morgan fingerprint density at radius 2 is 2.06 bits per heavy atom. The molecule has 0 fully saturated rings. The summed E-state index contributed by atoms with van der Waals surface area (Å²) in [7, 11) is 0. The lowest BCUT2D eigenvalue weighted by Gasteiger charge is -2.02. The maximum atomic E-state index is 11.5. The van der Waals surface area contributed by atoms with Crippen molar-refractivity contribution in [2.45, 2.75) is 13.8 Å². The molecule has 0 aliphatic heterocycles. The molecule has 0 aliphatic carbocycles. The highest BCUT2D eigenvalue weighted by atomic mass is 16.5. The molecule has 3 nitrogen and oxygen atoms in total. The molecule has 0 amide bonds. The Morgan fingerprint density at radius 1 is 1.28 bits per heavy atom. The van der Waals surface area contributed by atoms with Gasteiger partial charge in [0.1, 0.15) is 0 Å². The fourth-order valence-electron chi connectivity index (χ4n) is 1.69. The normalized spacial score (nSPS) is 11.6. The van der Waals surface area contributed by atoms with Crippen molar-refractivity contribution in [3.05, 3.63) is 47.7 Å². The van der Waals surface area contributed by atoms with Gasteiger partial charge < -0.3 is 4.74 Å². The molecule has 0 spiro atoms. The molecule has 0 atom stereocenters. The van der Waals surface area contributed by atoms with Crippen LogP contribution in [0.1, 0.15) is 19.5 Å². The Morgan fingerprint density at radius 3 is 2.83 bits per heavy atom. The topological polar surface area (TPSA) is 39.2 Å². The standard InChI is InChI=1S/C15H15NO2/c1-3-18-15(17)11(2)10-13-9-8-12-6-4-5-7-14(12)16-13/h4-10H,3H2,1-2H3/b11-10-. The number of hydrogen-bond donors (Lipinski definition) is 0. The van der Waals surface area contributed by atoms with Crippen LogP contribution in [0.3, 0.4) is 0 Å². The molecule has 1 heterocycles. The van der Waals surface area contributed by atoms with E-state index in [0.717, 1.165) is 16.6 Å². The first-order valence-electron chi connectivity index (χ1n) is 5.92. The number of hydrogen-bond acceptors (Lipinski definition) is 3. The third-order valence-corrected chi connectivity index (χ3v) is 2.58. The highest BCUT2D eigenvalue weighted by molar-refractivity contribution is 5.93. The number of carbonyl (C=O) groups is 1. The van der Waals surface area contributed by atoms with Gasteiger partial charge in [-0.1, -0.05) is 24.3 Å². The summed E-state index contributed by atoms with van der Waals surface area (Å²) in [5, 5.41) is 1.09. The lowest BCUT2D eigenvalue weighted by atomic mass is 10.2. The average molecular weight is 241 g/mol. The second-order valence-corrected chi connectivity index (χ2v) is 3.98. The van der Waals surface area contributed by atoms with Crippen molar-refractivity contribution in [3.63, 3.8) is 0 Å². The molecule has 2 rings (SSSR count). The van der Waals surface area contributed by atoms with Gasteiger partial charge in [-0.25, -0.2) is 9.78 Å². The van der Waals surface area contributed by atoms with Gasteiger partial charge in [0.05, 0.1) is 17.8 Å². The van der Waals surface area contributed by atoms with Crippen molar-refractivity contribution in [3.8, 4) is 0 Å². The highest BCUT2D eigenvalue weighted by Gasteiger charge is 2.05. The van der Waals surface area contributed by atoms with Gasteiger partial charge in [0.2, 0.25) is 0 Å². The molecule has 0 bridgehead atoms. The summed E-state index contributed by atoms with van der Waals surface area (Å²) in [6, 6.07) is 11.8. The van der Waals surface area contributed by atoms with Crippen molar-refractivity contribution in [1.82, 2.24) is 4.98 Å². The first-order valence-corrected chi connectivity index (χ1v) is 5.92. The first-order chi connectivity index (χ1) is 8.70. The van der Waals surface area contributed by atoms with Crippen LogP contribution in [-0.2, 0) is 9.53 Å². The van der Waals surface area contributed by atoms with Crippen LogP contribution in [0, 0.1) is 0 Å². The van der Waals surface area contributed by atoms with Gasteiger partial charge in [0.25, 0.3) is 0 Å². The van der Waals surface area contributed by atoms with E-state index in [9.17, 15) is 4.79 Å². The van der Waals surface area contributed by atoms with E-state index >= 15 is 0 Å². The lowest BCUT2D eigenvalue weighted by Crippen LogP contribution is -2.04. The van der Waals surface area contributed by atoms with Crippen molar-refractivity contribution in [1.29, 1.82) is 0 Å². The van der Waals surface area contributed by atoms with E-state index in [1.165, 1.54) is 0 Å². The summed E-state index contributed by atoms with van der Waals surface area (Å²) in [5.74, 6) is -0.299. The van der Waals surface area contributed by atoms with Crippen LogP contribution in [0.15, 0.2) is 42.0 Å². The van der Waals surface area contributed by atoms with E-state index < -0.39 is 0 Å². The molecule has 0 radical (unpaired) electrons. The summed E-state index contributed by atoms with van der Waals surface area (Å²) in [6.45, 7) is 3.91. The zero-order valence-corrected chi connectivity index (χ0v) is 10.5. The van der Waals surface area contributed by atoms with E-state index in [4.69, 9.17) is 4.74 Å². The number of nitrogens with zero attached hydrogens (tertiary/aromatic N) is 1. The smallest absolute Gasteiger partial charge is 0.333 e. The van der Waals surface area contributed by atoms with E-state index in [1.807, 2.05) is 36.4 Å². The van der Waals surface area contributed by atoms with Crippen LogP contribution in [0.4, 0.5) is 0 Å². The number of rotatable bonds is 3. The van der Waals surface area contributed by atoms with Gasteiger partial charge in [0, 0.05) is 11.0 Å². The Labute approximate surface area is 106 Å². The van der Waals surface area contributed by atoms with Gasteiger partial charge in [0.15, 0.2) is 0 Å². The van der Waals surface area contributed by atoms with Gasteiger partial charge >= 0.3 is 5.97 Å². The van der Waals surface area contributed by atoms with Gasteiger partial charge in [-0.05, 0) is 32.1 Å². The van der Waals surface area contributed by atoms with Crippen LogP contribution in [0.2, 0.25) is 0 Å². The number of pyridine rings is 1. The Kier molecular flexibility index (Phi) is 3.72. The minimum absolute atomic E-state index is 0.299. The molecule has 1 aromatic heterocycles.